The third-order valence-electron chi connectivity index (χ3n) is 5.82. The van der Waals surface area contributed by atoms with Crippen LogP contribution in [0.3, 0.4) is 0 Å². The minimum Gasteiger partial charge on any atom is -0.371 e. The molecule has 1 aromatic rings. The number of rotatable bonds is 1. The average Bonchev–Trinajstić information content (AvgIpc) is 2.88. The molecular weight excluding hydrogens is 305 g/mol. The van der Waals surface area contributed by atoms with Gasteiger partial charge in [-0.15, -0.1) is 0 Å². The fraction of sp³-hybridized carbons (Fsp3) is 0.526. The van der Waals surface area contributed by atoms with Crippen LogP contribution in [0.25, 0.3) is 0 Å². The first kappa shape index (κ1) is 15.8. The predicted octanol–water partition coefficient (Wildman–Crippen LogP) is 2.54. The molecule has 0 radical (unpaired) electrons. The second kappa shape index (κ2) is 5.14. The third-order valence-corrected chi connectivity index (χ3v) is 5.82. The Balaban J connectivity index is 1.93. The first-order valence-electron chi connectivity index (χ1n) is 8.57. The van der Waals surface area contributed by atoms with Gasteiger partial charge in [-0.1, -0.05) is 51.1 Å². The fourth-order valence-corrected chi connectivity index (χ4v) is 4.79. The van der Waals surface area contributed by atoms with E-state index in [0.717, 1.165) is 23.3 Å². The lowest BCUT2D eigenvalue weighted by molar-refractivity contribution is -0.119. The molecule has 4 rings (SSSR count). The zero-order valence-corrected chi connectivity index (χ0v) is 14.3. The average molecular weight is 329 g/mol. The van der Waals surface area contributed by atoms with E-state index < -0.39 is 11.7 Å². The summed E-state index contributed by atoms with van der Waals surface area (Å²) < 4.78 is 14.7. The van der Waals surface area contributed by atoms with E-state index in [4.69, 9.17) is 0 Å². The molecule has 1 aliphatic carbocycles. The van der Waals surface area contributed by atoms with Gasteiger partial charge in [-0.2, -0.15) is 0 Å². The zero-order valence-electron chi connectivity index (χ0n) is 14.3. The van der Waals surface area contributed by atoms with E-state index in [-0.39, 0.29) is 23.3 Å². The number of alkyl halides is 1. The fourth-order valence-electron chi connectivity index (χ4n) is 4.79. The second-order valence-electron chi connectivity index (χ2n) is 8.20. The Labute approximate surface area is 141 Å². The molecule has 0 aromatic heterocycles. The quantitative estimate of drug-likeness (QED) is 0.693. The number of halogens is 1. The van der Waals surface area contributed by atoms with Gasteiger partial charge in [0, 0.05) is 23.1 Å². The highest BCUT2D eigenvalue weighted by Gasteiger charge is 2.57. The van der Waals surface area contributed by atoms with Crippen LogP contribution in [0.5, 0.6) is 0 Å². The standard InChI is InChI=1S/C19H24FN3O/c1-18(2)9-12-14(13(24)10-18)19(3,11-7-5-4-6-8-11)15-16(20)22-23-17(15)21-12/h4-8,15-17,21-23H,9-10H2,1-3H3. The smallest absolute Gasteiger partial charge is 0.170 e. The van der Waals surface area contributed by atoms with Crippen LogP contribution in [0, 0.1) is 11.3 Å². The van der Waals surface area contributed by atoms with Crippen molar-refractivity contribution in [2.45, 2.75) is 51.5 Å². The van der Waals surface area contributed by atoms with Gasteiger partial charge in [0.1, 0.15) is 0 Å². The first-order chi connectivity index (χ1) is 11.3. The monoisotopic (exact) mass is 329 g/mol. The Bertz CT molecular complexity index is 715. The highest BCUT2D eigenvalue weighted by Crippen LogP contribution is 2.52. The lowest BCUT2D eigenvalue weighted by Crippen LogP contribution is -2.58. The molecule has 0 saturated carbocycles. The molecule has 0 bridgehead atoms. The molecule has 24 heavy (non-hydrogen) atoms. The Morgan fingerprint density at radius 1 is 1.08 bits per heavy atom. The van der Waals surface area contributed by atoms with Crippen LogP contribution < -0.4 is 16.2 Å². The Morgan fingerprint density at radius 3 is 2.50 bits per heavy atom. The number of hydrazine groups is 1. The SMILES string of the molecule is CC1(C)CC(=O)C2=C(C1)NC1NNC(F)C1C2(C)c1ccccc1. The van der Waals surface area contributed by atoms with Crippen LogP contribution in [0.1, 0.15) is 39.2 Å². The Kier molecular flexibility index (Phi) is 3.38. The molecule has 3 aliphatic rings. The van der Waals surface area contributed by atoms with Crippen molar-refractivity contribution in [3.8, 4) is 0 Å². The van der Waals surface area contributed by atoms with E-state index in [0.29, 0.717) is 6.42 Å². The summed E-state index contributed by atoms with van der Waals surface area (Å²) in [6.45, 7) is 6.24. The van der Waals surface area contributed by atoms with Crippen LogP contribution in [0.2, 0.25) is 0 Å². The molecular formula is C19H24FN3O. The molecule has 2 heterocycles. The van der Waals surface area contributed by atoms with Crippen molar-refractivity contribution in [2.24, 2.45) is 11.3 Å². The summed E-state index contributed by atoms with van der Waals surface area (Å²) in [6.07, 6.45) is -0.140. The molecule has 4 atom stereocenters. The van der Waals surface area contributed by atoms with Crippen molar-refractivity contribution in [1.82, 2.24) is 16.2 Å². The van der Waals surface area contributed by atoms with Gasteiger partial charge in [-0.25, -0.2) is 15.2 Å². The summed E-state index contributed by atoms with van der Waals surface area (Å²) in [5, 5.41) is 3.40. The lowest BCUT2D eigenvalue weighted by atomic mass is 9.58. The number of carbonyl (C=O) groups is 1. The van der Waals surface area contributed by atoms with Gasteiger partial charge < -0.3 is 5.32 Å². The molecule has 128 valence electrons. The van der Waals surface area contributed by atoms with Gasteiger partial charge in [0.05, 0.1) is 12.1 Å². The topological polar surface area (TPSA) is 53.2 Å². The van der Waals surface area contributed by atoms with Crippen molar-refractivity contribution in [1.29, 1.82) is 0 Å². The highest BCUT2D eigenvalue weighted by atomic mass is 19.1. The number of Topliss-reactive ketones (excluding diaryl/α,β-unsaturated/α-hetero) is 1. The molecule has 4 unspecified atom stereocenters. The Morgan fingerprint density at radius 2 is 1.79 bits per heavy atom. The lowest BCUT2D eigenvalue weighted by Gasteiger charge is -2.49. The summed E-state index contributed by atoms with van der Waals surface area (Å²) >= 11 is 0. The van der Waals surface area contributed by atoms with Crippen LogP contribution in [-0.4, -0.2) is 18.2 Å². The molecule has 2 aliphatic heterocycles. The van der Waals surface area contributed by atoms with Crippen molar-refractivity contribution in [3.63, 3.8) is 0 Å². The number of hydrogen-bond donors (Lipinski definition) is 3. The summed E-state index contributed by atoms with van der Waals surface area (Å²) in [5.41, 5.74) is 7.74. The molecule has 1 fully saturated rings. The van der Waals surface area contributed by atoms with Crippen LogP contribution in [0.4, 0.5) is 4.39 Å². The van der Waals surface area contributed by atoms with E-state index in [1.807, 2.05) is 37.3 Å². The van der Waals surface area contributed by atoms with E-state index >= 15 is 0 Å². The summed E-state index contributed by atoms with van der Waals surface area (Å²) in [5.74, 6) is -0.249. The molecule has 0 amide bonds. The van der Waals surface area contributed by atoms with Crippen LogP contribution >= 0.6 is 0 Å². The van der Waals surface area contributed by atoms with Crippen molar-refractivity contribution < 1.29 is 9.18 Å². The normalized spacial score (nSPS) is 37.7. The summed E-state index contributed by atoms with van der Waals surface area (Å²) in [6, 6.07) is 9.87. The predicted molar refractivity (Wildman–Crippen MR) is 90.4 cm³/mol. The van der Waals surface area contributed by atoms with Crippen LogP contribution in [-0.2, 0) is 10.2 Å². The first-order valence-corrected chi connectivity index (χ1v) is 8.57. The molecule has 5 heteroatoms. The molecule has 3 N–H and O–H groups in total. The van der Waals surface area contributed by atoms with Crippen molar-refractivity contribution in [2.75, 3.05) is 0 Å². The minimum absolute atomic E-state index is 0.0749. The van der Waals surface area contributed by atoms with Gasteiger partial charge in [-0.3, -0.25) is 4.79 Å². The van der Waals surface area contributed by atoms with Gasteiger partial charge >= 0.3 is 0 Å². The summed E-state index contributed by atoms with van der Waals surface area (Å²) in [7, 11) is 0. The maximum absolute atomic E-state index is 14.7. The molecule has 1 aromatic carbocycles. The molecule has 4 nitrogen and oxygen atoms in total. The van der Waals surface area contributed by atoms with E-state index in [1.54, 1.807) is 0 Å². The highest BCUT2D eigenvalue weighted by molar-refractivity contribution is 6.00. The maximum atomic E-state index is 14.7. The van der Waals surface area contributed by atoms with E-state index in [2.05, 4.69) is 30.0 Å². The van der Waals surface area contributed by atoms with E-state index in [1.165, 1.54) is 0 Å². The number of fused-ring (bicyclic) bond motifs is 1. The second-order valence-corrected chi connectivity index (χ2v) is 8.20. The number of carbonyl (C=O) groups excluding carboxylic acids is 1. The minimum atomic E-state index is -1.22. The number of benzene rings is 1. The van der Waals surface area contributed by atoms with Crippen LogP contribution in [0.15, 0.2) is 41.6 Å². The van der Waals surface area contributed by atoms with Crippen molar-refractivity contribution in [3.05, 3.63) is 47.2 Å². The molecule has 0 spiro atoms. The number of allylic oxidation sites excluding steroid dienone is 2. The summed E-state index contributed by atoms with van der Waals surface area (Å²) in [4.78, 5) is 13.1. The number of nitrogens with one attached hydrogen (secondary N) is 3. The molecule has 1 saturated heterocycles. The van der Waals surface area contributed by atoms with Gasteiger partial charge in [0.2, 0.25) is 0 Å². The third kappa shape index (κ3) is 2.15. The number of ketones is 1. The zero-order chi connectivity index (χ0) is 17.1. The van der Waals surface area contributed by atoms with Gasteiger partial charge in [0.25, 0.3) is 0 Å². The largest absolute Gasteiger partial charge is 0.371 e. The Hall–Kier alpha value is -1.72. The van der Waals surface area contributed by atoms with E-state index in [9.17, 15) is 9.18 Å². The maximum Gasteiger partial charge on any atom is 0.170 e. The van der Waals surface area contributed by atoms with Gasteiger partial charge in [-0.05, 0) is 17.4 Å². The van der Waals surface area contributed by atoms with Gasteiger partial charge in [0.15, 0.2) is 12.1 Å². The van der Waals surface area contributed by atoms with Crippen molar-refractivity contribution >= 4 is 5.78 Å². The number of hydrogen-bond acceptors (Lipinski definition) is 4.